The van der Waals surface area contributed by atoms with Crippen LogP contribution in [0.3, 0.4) is 0 Å². The summed E-state index contributed by atoms with van der Waals surface area (Å²) in [6.45, 7) is 2.90. The molecule has 1 aliphatic heterocycles. The van der Waals surface area contributed by atoms with Crippen LogP contribution in [0.15, 0.2) is 56.5 Å². The van der Waals surface area contributed by atoms with Gasteiger partial charge in [-0.1, -0.05) is 18.2 Å². The summed E-state index contributed by atoms with van der Waals surface area (Å²) in [5, 5.41) is 3.00. The zero-order valence-electron chi connectivity index (χ0n) is 19.2. The summed E-state index contributed by atoms with van der Waals surface area (Å²) in [5.74, 6) is 1.02. The number of hydrogen-bond donors (Lipinski definition) is 0. The normalized spacial score (nSPS) is 14.1. The van der Waals surface area contributed by atoms with Crippen molar-refractivity contribution in [2.45, 2.75) is 26.1 Å². The molecule has 176 valence electrons. The maximum Gasteiger partial charge on any atom is 0.259 e. The summed E-state index contributed by atoms with van der Waals surface area (Å²) < 4.78 is 13.2. The first kappa shape index (κ1) is 22.4. The number of furan rings is 1. The Kier molecular flexibility index (Phi) is 6.21. The molecule has 0 saturated carbocycles. The van der Waals surface area contributed by atoms with Crippen LogP contribution in [-0.2, 0) is 26.1 Å². The number of methoxy groups -OCH3 is 1. The predicted molar refractivity (Wildman–Crippen MR) is 130 cm³/mol. The smallest absolute Gasteiger partial charge is 0.259 e. The molecular weight excluding hydrogens is 452 g/mol. The minimum atomic E-state index is -0.181. The lowest BCUT2D eigenvalue weighted by Gasteiger charge is -2.21. The Bertz CT molecular complexity index is 1340. The van der Waals surface area contributed by atoms with E-state index in [-0.39, 0.29) is 11.5 Å². The van der Waals surface area contributed by atoms with Crippen molar-refractivity contribution in [1.29, 1.82) is 0 Å². The van der Waals surface area contributed by atoms with Crippen molar-refractivity contribution in [1.82, 2.24) is 19.4 Å². The van der Waals surface area contributed by atoms with E-state index < -0.39 is 0 Å². The number of benzene rings is 1. The van der Waals surface area contributed by atoms with Crippen LogP contribution >= 0.6 is 11.3 Å². The van der Waals surface area contributed by atoms with Crippen molar-refractivity contribution in [3.05, 3.63) is 80.4 Å². The second-order valence-electron chi connectivity index (χ2n) is 8.44. The fourth-order valence-corrected chi connectivity index (χ4v) is 5.05. The van der Waals surface area contributed by atoms with Gasteiger partial charge in [0.2, 0.25) is 0 Å². The Morgan fingerprint density at radius 2 is 2.09 bits per heavy atom. The molecule has 5 rings (SSSR count). The molecule has 0 aliphatic carbocycles. The van der Waals surface area contributed by atoms with Gasteiger partial charge in [-0.15, -0.1) is 11.3 Å². The Balaban J connectivity index is 1.41. The highest BCUT2D eigenvalue weighted by Crippen LogP contribution is 2.26. The van der Waals surface area contributed by atoms with Gasteiger partial charge in [0.05, 0.1) is 31.4 Å². The summed E-state index contributed by atoms with van der Waals surface area (Å²) in [4.78, 5) is 34.5. The molecule has 0 unspecified atom stereocenters. The Morgan fingerprint density at radius 1 is 1.24 bits per heavy atom. The number of pyridine rings is 1. The van der Waals surface area contributed by atoms with Gasteiger partial charge >= 0.3 is 0 Å². The van der Waals surface area contributed by atoms with E-state index in [0.717, 1.165) is 22.4 Å². The molecule has 0 radical (unpaired) electrons. The number of nitrogens with zero attached hydrogens (tertiary/aromatic N) is 4. The molecule has 1 aromatic carbocycles. The molecule has 0 atom stereocenters. The average molecular weight is 479 g/mol. The Hall–Kier alpha value is -3.43. The highest BCUT2D eigenvalue weighted by atomic mass is 32.1. The van der Waals surface area contributed by atoms with Gasteiger partial charge in [-0.2, -0.15) is 0 Å². The van der Waals surface area contributed by atoms with Crippen LogP contribution in [-0.4, -0.2) is 52.5 Å². The summed E-state index contributed by atoms with van der Waals surface area (Å²) in [5.41, 5.74) is 4.45. The fraction of sp³-hybridized carbons (Fsp3) is 0.320. The van der Waals surface area contributed by atoms with Crippen LogP contribution < -0.4 is 10.3 Å². The van der Waals surface area contributed by atoms with Crippen molar-refractivity contribution in [3.8, 4) is 5.75 Å². The Labute approximate surface area is 201 Å². The largest absolute Gasteiger partial charge is 0.496 e. The minimum absolute atomic E-state index is 0.156. The average Bonchev–Trinajstić information content (AvgIpc) is 3.44. The lowest BCUT2D eigenvalue weighted by molar-refractivity contribution is 0.0777. The first-order valence-electron chi connectivity index (χ1n) is 11.2. The van der Waals surface area contributed by atoms with E-state index in [1.165, 1.54) is 24.5 Å². The highest BCUT2D eigenvalue weighted by Gasteiger charge is 2.27. The van der Waals surface area contributed by atoms with Crippen molar-refractivity contribution in [2.24, 2.45) is 0 Å². The van der Waals surface area contributed by atoms with Crippen molar-refractivity contribution in [3.63, 3.8) is 0 Å². The minimum Gasteiger partial charge on any atom is -0.496 e. The summed E-state index contributed by atoms with van der Waals surface area (Å²) >= 11 is 1.49. The van der Waals surface area contributed by atoms with Crippen molar-refractivity contribution < 1.29 is 13.9 Å². The zero-order valence-corrected chi connectivity index (χ0v) is 20.0. The number of thiazole rings is 1. The van der Waals surface area contributed by atoms with E-state index in [4.69, 9.17) is 9.15 Å². The van der Waals surface area contributed by atoms with Crippen molar-refractivity contribution in [2.75, 3.05) is 27.2 Å². The number of carbonyl (C=O) groups excluding carboxylic acids is 1. The molecule has 4 aromatic rings. The number of amides is 1. The maximum absolute atomic E-state index is 13.5. The van der Waals surface area contributed by atoms with E-state index in [9.17, 15) is 9.59 Å². The zero-order chi connectivity index (χ0) is 23.7. The molecule has 1 aliphatic rings. The topological polar surface area (TPSA) is 80.8 Å². The summed E-state index contributed by atoms with van der Waals surface area (Å²) in [7, 11) is 3.24. The molecular formula is C25H26N4O4S. The molecule has 8 nitrogen and oxygen atoms in total. The maximum atomic E-state index is 13.5. The molecule has 0 bridgehead atoms. The second-order valence-corrected chi connectivity index (χ2v) is 9.16. The number of carbonyl (C=O) groups is 1. The van der Waals surface area contributed by atoms with Crippen LogP contribution in [0, 0.1) is 0 Å². The third-order valence-corrected chi connectivity index (χ3v) is 6.84. The van der Waals surface area contributed by atoms with E-state index in [1.807, 2.05) is 29.6 Å². The van der Waals surface area contributed by atoms with Gasteiger partial charge in [0.15, 0.2) is 0 Å². The van der Waals surface area contributed by atoms with Gasteiger partial charge in [-0.3, -0.25) is 14.5 Å². The van der Waals surface area contributed by atoms with Crippen LogP contribution in [0.5, 0.6) is 5.75 Å². The first-order valence-corrected chi connectivity index (χ1v) is 12.1. The number of ether oxygens (including phenoxy) is 1. The van der Waals surface area contributed by atoms with Gasteiger partial charge in [-0.05, 0) is 12.1 Å². The SMILES string of the molecule is COc1cc(=O)n2c(c1C(=O)N(C)Cc1cscn1)CCN(Cc1cc3ccccc3o1)CC2. The Morgan fingerprint density at radius 3 is 2.85 bits per heavy atom. The third kappa shape index (κ3) is 4.36. The number of fused-ring (bicyclic) bond motifs is 2. The summed E-state index contributed by atoms with van der Waals surface area (Å²) in [6.07, 6.45) is 0.554. The number of para-hydroxylation sites is 1. The molecule has 0 N–H and O–H groups in total. The van der Waals surface area contributed by atoms with Gasteiger partial charge < -0.3 is 18.6 Å². The van der Waals surface area contributed by atoms with Crippen LogP contribution in [0.1, 0.15) is 27.5 Å². The van der Waals surface area contributed by atoms with E-state index in [1.54, 1.807) is 22.0 Å². The van der Waals surface area contributed by atoms with Gasteiger partial charge in [0.25, 0.3) is 11.5 Å². The van der Waals surface area contributed by atoms with Gasteiger partial charge in [-0.25, -0.2) is 4.98 Å². The van der Waals surface area contributed by atoms with Crippen LogP contribution in [0.25, 0.3) is 11.0 Å². The van der Waals surface area contributed by atoms with Crippen LogP contribution in [0.2, 0.25) is 0 Å². The van der Waals surface area contributed by atoms with E-state index >= 15 is 0 Å². The number of rotatable bonds is 6. The van der Waals surface area contributed by atoms with Gasteiger partial charge in [0.1, 0.15) is 22.7 Å². The van der Waals surface area contributed by atoms with E-state index in [0.29, 0.717) is 56.2 Å². The fourth-order valence-electron chi connectivity index (χ4n) is 4.50. The van der Waals surface area contributed by atoms with E-state index in [2.05, 4.69) is 16.0 Å². The lowest BCUT2D eigenvalue weighted by Crippen LogP contribution is -2.32. The first-order chi connectivity index (χ1) is 16.5. The molecule has 0 saturated heterocycles. The third-order valence-electron chi connectivity index (χ3n) is 6.21. The molecule has 34 heavy (non-hydrogen) atoms. The molecule has 0 spiro atoms. The highest BCUT2D eigenvalue weighted by molar-refractivity contribution is 7.07. The lowest BCUT2D eigenvalue weighted by atomic mass is 10.1. The molecule has 9 heteroatoms. The molecule has 3 aromatic heterocycles. The van der Waals surface area contributed by atoms with Crippen molar-refractivity contribution >= 4 is 28.2 Å². The number of hydrogen-bond acceptors (Lipinski definition) is 7. The summed E-state index contributed by atoms with van der Waals surface area (Å²) in [6, 6.07) is 11.4. The number of aromatic nitrogens is 2. The standard InChI is InChI=1S/C25H26N4O4S/c1-27(13-18-15-34-16-26-18)25(31)24-20-7-8-28(9-10-29(20)23(30)12-22(24)32-2)14-19-11-17-5-3-4-6-21(17)33-19/h3-6,11-12,15-16H,7-10,13-14H2,1-2H3. The molecule has 1 amide bonds. The quantitative estimate of drug-likeness (QED) is 0.423. The van der Waals surface area contributed by atoms with Crippen LogP contribution in [0.4, 0.5) is 0 Å². The predicted octanol–water partition coefficient (Wildman–Crippen LogP) is 3.39. The second kappa shape index (κ2) is 9.44. The van der Waals surface area contributed by atoms with Gasteiger partial charge in [0, 0.05) is 55.6 Å². The molecule has 4 heterocycles. The monoisotopic (exact) mass is 478 g/mol. The molecule has 0 fully saturated rings.